The molecule has 2 aliphatic rings. The van der Waals surface area contributed by atoms with Gasteiger partial charge in [0.2, 0.25) is 5.91 Å². The standard InChI is InChI=1S/C21H25N3O2.C2HF3O2/c1-26-14-13-24-19-7-3-2-6-18(19)21(20(24)25)8-11-23(12-9-21)16-17-5-4-10-22-15-17;3-2(4,5)1(6)7/h2-7,10,15H,8-9,11-14,16H2,1H3;(H,6,7). The fraction of sp³-hybridized carbons (Fsp3) is 0.435. The summed E-state index contributed by atoms with van der Waals surface area (Å²) in [5.41, 5.74) is 3.12. The number of hydrogen-bond acceptors (Lipinski definition) is 5. The lowest BCUT2D eigenvalue weighted by Crippen LogP contribution is -2.49. The van der Waals surface area contributed by atoms with E-state index in [0.29, 0.717) is 13.2 Å². The molecular weight excluding hydrogens is 439 g/mol. The molecule has 1 fully saturated rings. The fourth-order valence-electron chi connectivity index (χ4n) is 4.33. The molecule has 0 atom stereocenters. The van der Waals surface area contributed by atoms with Crippen molar-refractivity contribution in [3.8, 4) is 0 Å². The summed E-state index contributed by atoms with van der Waals surface area (Å²) in [4.78, 5) is 30.8. The first kappa shape index (κ1) is 24.7. The summed E-state index contributed by atoms with van der Waals surface area (Å²) in [6.07, 6.45) is 0.378. The first-order chi connectivity index (χ1) is 15.7. The molecule has 1 aromatic carbocycles. The van der Waals surface area contributed by atoms with E-state index >= 15 is 0 Å². The third-order valence-electron chi connectivity index (χ3n) is 5.97. The van der Waals surface area contributed by atoms with E-state index in [2.05, 4.69) is 34.1 Å². The number of fused-ring (bicyclic) bond motifs is 2. The van der Waals surface area contributed by atoms with E-state index in [1.807, 2.05) is 23.2 Å². The van der Waals surface area contributed by atoms with Gasteiger partial charge in [0, 0.05) is 38.3 Å². The summed E-state index contributed by atoms with van der Waals surface area (Å²) in [6, 6.07) is 12.4. The second-order valence-electron chi connectivity index (χ2n) is 7.99. The highest BCUT2D eigenvalue weighted by molar-refractivity contribution is 6.08. The van der Waals surface area contributed by atoms with Crippen LogP contribution in [0.3, 0.4) is 0 Å². The normalized spacial score (nSPS) is 17.5. The van der Waals surface area contributed by atoms with E-state index < -0.39 is 12.1 Å². The third kappa shape index (κ3) is 5.51. The predicted molar refractivity (Wildman–Crippen MR) is 115 cm³/mol. The van der Waals surface area contributed by atoms with Crippen molar-refractivity contribution in [1.82, 2.24) is 9.88 Å². The highest BCUT2D eigenvalue weighted by Gasteiger charge is 2.51. The molecule has 0 saturated carbocycles. The lowest BCUT2D eigenvalue weighted by Gasteiger charge is -2.38. The van der Waals surface area contributed by atoms with Gasteiger partial charge < -0.3 is 14.7 Å². The van der Waals surface area contributed by atoms with Gasteiger partial charge in [0.25, 0.3) is 0 Å². The fourth-order valence-corrected chi connectivity index (χ4v) is 4.33. The van der Waals surface area contributed by atoms with Crippen LogP contribution in [0.25, 0.3) is 0 Å². The van der Waals surface area contributed by atoms with Crippen molar-refractivity contribution in [3.63, 3.8) is 0 Å². The molecule has 2 aliphatic heterocycles. The molecule has 0 aliphatic carbocycles. The molecule has 0 bridgehead atoms. The molecule has 1 aromatic heterocycles. The molecule has 178 valence electrons. The minimum Gasteiger partial charge on any atom is -0.475 e. The Hall–Kier alpha value is -2.98. The number of aromatic nitrogens is 1. The molecule has 33 heavy (non-hydrogen) atoms. The monoisotopic (exact) mass is 465 g/mol. The van der Waals surface area contributed by atoms with Crippen molar-refractivity contribution in [1.29, 1.82) is 0 Å². The number of para-hydroxylation sites is 1. The van der Waals surface area contributed by atoms with Crippen molar-refractivity contribution in [2.24, 2.45) is 0 Å². The summed E-state index contributed by atoms with van der Waals surface area (Å²) >= 11 is 0. The molecule has 0 radical (unpaired) electrons. The Kier molecular flexibility index (Phi) is 7.70. The Bertz CT molecular complexity index is 961. The Balaban J connectivity index is 0.000000383. The van der Waals surface area contributed by atoms with E-state index in [0.717, 1.165) is 38.2 Å². The number of hydrogen-bond donors (Lipinski definition) is 1. The highest BCUT2D eigenvalue weighted by atomic mass is 19.4. The number of carboxylic acids is 1. The number of pyridine rings is 1. The second kappa shape index (κ2) is 10.3. The average molecular weight is 465 g/mol. The molecule has 2 aromatic rings. The van der Waals surface area contributed by atoms with Crippen molar-refractivity contribution in [2.45, 2.75) is 31.0 Å². The van der Waals surface area contributed by atoms with Gasteiger partial charge in [-0.15, -0.1) is 0 Å². The predicted octanol–water partition coefficient (Wildman–Crippen LogP) is 3.24. The molecule has 3 heterocycles. The molecule has 10 heteroatoms. The number of alkyl halides is 3. The first-order valence-electron chi connectivity index (χ1n) is 10.5. The summed E-state index contributed by atoms with van der Waals surface area (Å²) in [6.45, 7) is 3.92. The van der Waals surface area contributed by atoms with E-state index in [-0.39, 0.29) is 11.3 Å². The van der Waals surface area contributed by atoms with Crippen LogP contribution in [0.15, 0.2) is 48.8 Å². The van der Waals surface area contributed by atoms with Gasteiger partial charge in [-0.2, -0.15) is 13.2 Å². The van der Waals surface area contributed by atoms with Gasteiger partial charge in [-0.1, -0.05) is 24.3 Å². The number of nitrogens with zero attached hydrogens (tertiary/aromatic N) is 3. The van der Waals surface area contributed by atoms with Gasteiger partial charge >= 0.3 is 12.1 Å². The Morgan fingerprint density at radius 1 is 1.18 bits per heavy atom. The number of ether oxygens (including phenoxy) is 1. The second-order valence-corrected chi connectivity index (χ2v) is 7.99. The average Bonchev–Trinajstić information content (AvgIpc) is 3.02. The maximum atomic E-state index is 13.4. The molecule has 1 N–H and O–H groups in total. The zero-order chi connectivity index (χ0) is 24.1. The smallest absolute Gasteiger partial charge is 0.475 e. The number of carbonyl (C=O) groups excluding carboxylic acids is 1. The van der Waals surface area contributed by atoms with Gasteiger partial charge in [0.05, 0.1) is 12.0 Å². The number of carbonyl (C=O) groups is 2. The topological polar surface area (TPSA) is 83.0 Å². The SMILES string of the molecule is COCCN1C(=O)C2(CCN(Cc3cccnc3)CC2)c2ccccc21.O=C(O)C(F)(F)F. The van der Waals surface area contributed by atoms with Gasteiger partial charge in [-0.3, -0.25) is 14.7 Å². The maximum Gasteiger partial charge on any atom is 0.490 e. The number of anilines is 1. The minimum atomic E-state index is -5.08. The summed E-state index contributed by atoms with van der Waals surface area (Å²) in [5, 5.41) is 7.12. The molecule has 1 amide bonds. The Morgan fingerprint density at radius 3 is 2.42 bits per heavy atom. The number of amides is 1. The van der Waals surface area contributed by atoms with Crippen molar-refractivity contribution >= 4 is 17.6 Å². The number of rotatable bonds is 5. The molecule has 4 rings (SSSR count). The number of piperidine rings is 1. The largest absolute Gasteiger partial charge is 0.490 e. The van der Waals surface area contributed by atoms with Crippen LogP contribution in [0, 0.1) is 0 Å². The number of likely N-dealkylation sites (tertiary alicyclic amines) is 1. The molecule has 0 unspecified atom stereocenters. The van der Waals surface area contributed by atoms with Crippen LogP contribution in [0.4, 0.5) is 18.9 Å². The van der Waals surface area contributed by atoms with E-state index in [4.69, 9.17) is 14.6 Å². The summed E-state index contributed by atoms with van der Waals surface area (Å²) in [5.74, 6) is -2.51. The maximum absolute atomic E-state index is 13.4. The van der Waals surface area contributed by atoms with Crippen LogP contribution in [0.1, 0.15) is 24.0 Å². The molecule has 7 nitrogen and oxygen atoms in total. The van der Waals surface area contributed by atoms with Crippen LogP contribution >= 0.6 is 0 Å². The quantitative estimate of drug-likeness (QED) is 0.730. The Labute approximate surface area is 189 Å². The number of methoxy groups -OCH3 is 1. The van der Waals surface area contributed by atoms with Crippen LogP contribution in [0.5, 0.6) is 0 Å². The Morgan fingerprint density at radius 2 is 1.85 bits per heavy atom. The van der Waals surface area contributed by atoms with E-state index in [1.54, 1.807) is 13.3 Å². The number of aliphatic carboxylic acids is 1. The van der Waals surface area contributed by atoms with Crippen LogP contribution in [0.2, 0.25) is 0 Å². The van der Waals surface area contributed by atoms with E-state index in [9.17, 15) is 18.0 Å². The summed E-state index contributed by atoms with van der Waals surface area (Å²) in [7, 11) is 1.68. The van der Waals surface area contributed by atoms with Crippen molar-refractivity contribution in [2.75, 3.05) is 38.3 Å². The van der Waals surface area contributed by atoms with Crippen molar-refractivity contribution < 1.29 is 32.6 Å². The molecule has 1 saturated heterocycles. The first-order valence-corrected chi connectivity index (χ1v) is 10.5. The zero-order valence-electron chi connectivity index (χ0n) is 18.2. The van der Waals surface area contributed by atoms with Gasteiger partial charge in [0.1, 0.15) is 0 Å². The van der Waals surface area contributed by atoms with E-state index in [1.165, 1.54) is 11.1 Å². The number of carboxylic acid groups (broad SMARTS) is 1. The number of benzene rings is 1. The third-order valence-corrected chi connectivity index (χ3v) is 5.97. The lowest BCUT2D eigenvalue weighted by molar-refractivity contribution is -0.192. The van der Waals surface area contributed by atoms with Crippen LogP contribution < -0.4 is 4.90 Å². The molecule has 1 spiro atoms. The van der Waals surface area contributed by atoms with Crippen LogP contribution in [-0.2, 0) is 26.3 Å². The van der Waals surface area contributed by atoms with Gasteiger partial charge in [-0.05, 0) is 49.2 Å². The highest BCUT2D eigenvalue weighted by Crippen LogP contribution is 2.47. The van der Waals surface area contributed by atoms with Crippen LogP contribution in [-0.4, -0.2) is 66.4 Å². The summed E-state index contributed by atoms with van der Waals surface area (Å²) < 4.78 is 37.0. The van der Waals surface area contributed by atoms with Gasteiger partial charge in [-0.25, -0.2) is 4.79 Å². The van der Waals surface area contributed by atoms with Gasteiger partial charge in [0.15, 0.2) is 0 Å². The molecular formula is C23H26F3N3O4. The van der Waals surface area contributed by atoms with Crippen molar-refractivity contribution in [3.05, 3.63) is 59.9 Å². The number of halogens is 3. The zero-order valence-corrected chi connectivity index (χ0v) is 18.2. The minimum absolute atomic E-state index is 0.247. The lowest BCUT2D eigenvalue weighted by atomic mass is 9.73.